The molecular weight excluding hydrogens is 306 g/mol. The second kappa shape index (κ2) is 5.35. The van der Waals surface area contributed by atoms with Crippen LogP contribution in [-0.4, -0.2) is 14.0 Å². The molecule has 0 spiro atoms. The van der Waals surface area contributed by atoms with Crippen molar-refractivity contribution >= 4 is 22.9 Å². The SMILES string of the molecule is CCc1cc(C)cc(-n2c3c(n4c5ccccc5nc24)C=CCC3)c1. The van der Waals surface area contributed by atoms with Crippen molar-refractivity contribution in [3.8, 4) is 5.69 Å². The molecule has 0 atom stereocenters. The number of aromatic nitrogens is 3. The Morgan fingerprint density at radius 1 is 1.12 bits per heavy atom. The van der Waals surface area contributed by atoms with Crippen LogP contribution < -0.4 is 0 Å². The summed E-state index contributed by atoms with van der Waals surface area (Å²) in [5.41, 5.74) is 8.78. The molecule has 0 radical (unpaired) electrons. The van der Waals surface area contributed by atoms with Gasteiger partial charge in [0.2, 0.25) is 5.78 Å². The first-order valence-electron chi connectivity index (χ1n) is 9.04. The van der Waals surface area contributed by atoms with E-state index in [1.165, 1.54) is 33.7 Å². The largest absolute Gasteiger partial charge is 0.282 e. The number of para-hydroxylation sites is 2. The molecule has 2 aromatic carbocycles. The quantitative estimate of drug-likeness (QED) is 0.501. The second-order valence-electron chi connectivity index (χ2n) is 6.87. The third-order valence-corrected chi connectivity index (χ3v) is 5.16. The molecule has 1 aliphatic carbocycles. The summed E-state index contributed by atoms with van der Waals surface area (Å²) in [7, 11) is 0. The van der Waals surface area contributed by atoms with Gasteiger partial charge in [-0.3, -0.25) is 8.97 Å². The van der Waals surface area contributed by atoms with E-state index in [2.05, 4.69) is 77.4 Å². The molecule has 0 fully saturated rings. The van der Waals surface area contributed by atoms with Gasteiger partial charge in [-0.1, -0.05) is 31.2 Å². The number of allylic oxidation sites excluding steroid dienone is 1. The average Bonchev–Trinajstić information content (AvgIpc) is 3.15. The summed E-state index contributed by atoms with van der Waals surface area (Å²) in [5, 5.41) is 0. The molecule has 5 rings (SSSR count). The third-order valence-electron chi connectivity index (χ3n) is 5.16. The molecule has 0 saturated carbocycles. The number of rotatable bonds is 2. The Labute approximate surface area is 147 Å². The summed E-state index contributed by atoms with van der Waals surface area (Å²) in [6.07, 6.45) is 7.72. The number of hydrogen-bond acceptors (Lipinski definition) is 1. The molecule has 0 bridgehead atoms. The zero-order valence-electron chi connectivity index (χ0n) is 14.7. The first kappa shape index (κ1) is 14.5. The van der Waals surface area contributed by atoms with Gasteiger partial charge in [0.05, 0.1) is 22.4 Å². The van der Waals surface area contributed by atoms with Gasteiger partial charge >= 0.3 is 0 Å². The predicted octanol–water partition coefficient (Wildman–Crippen LogP) is 5.11. The summed E-state index contributed by atoms with van der Waals surface area (Å²) in [4.78, 5) is 4.97. The summed E-state index contributed by atoms with van der Waals surface area (Å²) in [5.74, 6) is 1.02. The molecule has 1 aliphatic rings. The Morgan fingerprint density at radius 3 is 2.88 bits per heavy atom. The van der Waals surface area contributed by atoms with Crippen molar-refractivity contribution in [2.75, 3.05) is 0 Å². The van der Waals surface area contributed by atoms with E-state index in [0.29, 0.717) is 0 Å². The van der Waals surface area contributed by atoms with Crippen LogP contribution in [-0.2, 0) is 12.8 Å². The smallest absolute Gasteiger partial charge is 0.220 e. The van der Waals surface area contributed by atoms with Gasteiger partial charge in [0.25, 0.3) is 0 Å². The molecule has 25 heavy (non-hydrogen) atoms. The van der Waals surface area contributed by atoms with E-state index in [1.54, 1.807) is 0 Å². The fourth-order valence-electron chi connectivity index (χ4n) is 4.04. The zero-order valence-corrected chi connectivity index (χ0v) is 14.7. The summed E-state index contributed by atoms with van der Waals surface area (Å²) in [6.45, 7) is 4.39. The van der Waals surface area contributed by atoms with Crippen LogP contribution in [0.5, 0.6) is 0 Å². The lowest BCUT2D eigenvalue weighted by Gasteiger charge is -2.13. The van der Waals surface area contributed by atoms with Crippen molar-refractivity contribution in [1.29, 1.82) is 0 Å². The Morgan fingerprint density at radius 2 is 2.00 bits per heavy atom. The van der Waals surface area contributed by atoms with E-state index in [-0.39, 0.29) is 0 Å². The van der Waals surface area contributed by atoms with Crippen molar-refractivity contribution < 1.29 is 0 Å². The highest BCUT2D eigenvalue weighted by Crippen LogP contribution is 2.31. The van der Waals surface area contributed by atoms with Gasteiger partial charge in [0, 0.05) is 5.69 Å². The minimum atomic E-state index is 1.02. The molecular formula is C22H21N3. The van der Waals surface area contributed by atoms with Crippen molar-refractivity contribution in [1.82, 2.24) is 14.0 Å². The Bertz CT molecular complexity index is 1140. The first-order chi connectivity index (χ1) is 12.3. The molecule has 2 heterocycles. The molecule has 124 valence electrons. The van der Waals surface area contributed by atoms with E-state index in [4.69, 9.17) is 4.98 Å². The fourth-order valence-corrected chi connectivity index (χ4v) is 4.04. The molecule has 0 N–H and O–H groups in total. The highest BCUT2D eigenvalue weighted by Gasteiger charge is 2.22. The maximum atomic E-state index is 4.97. The number of aryl methyl sites for hydroxylation is 2. The summed E-state index contributed by atoms with van der Waals surface area (Å²) < 4.78 is 4.68. The number of hydrogen-bond donors (Lipinski definition) is 0. The highest BCUT2D eigenvalue weighted by atomic mass is 15.2. The van der Waals surface area contributed by atoms with Gasteiger partial charge in [0.1, 0.15) is 0 Å². The van der Waals surface area contributed by atoms with Gasteiger partial charge in [-0.25, -0.2) is 4.98 Å². The molecule has 0 aliphatic heterocycles. The highest BCUT2D eigenvalue weighted by molar-refractivity contribution is 5.83. The molecule has 3 nitrogen and oxygen atoms in total. The lowest BCUT2D eigenvalue weighted by molar-refractivity contribution is 0.880. The molecule has 3 heteroatoms. The monoisotopic (exact) mass is 327 g/mol. The van der Waals surface area contributed by atoms with Crippen molar-refractivity contribution in [2.24, 2.45) is 0 Å². The standard InChI is InChI=1S/C22H21N3/c1-3-16-12-15(2)13-17(14-16)24-20-10-6-7-11-21(20)25-19-9-5-4-8-18(19)23-22(24)25/h4-5,7-9,11-14H,3,6,10H2,1-2H3. The molecule has 4 aromatic rings. The van der Waals surface area contributed by atoms with Gasteiger partial charge in [-0.2, -0.15) is 0 Å². The summed E-state index contributed by atoms with van der Waals surface area (Å²) >= 11 is 0. The van der Waals surface area contributed by atoms with Crippen molar-refractivity contribution in [3.05, 3.63) is 71.1 Å². The van der Waals surface area contributed by atoms with Crippen LogP contribution in [0.3, 0.4) is 0 Å². The number of fused-ring (bicyclic) bond motifs is 5. The third kappa shape index (κ3) is 2.08. The lowest BCUT2D eigenvalue weighted by atomic mass is 10.1. The van der Waals surface area contributed by atoms with E-state index in [1.807, 2.05) is 0 Å². The molecule has 0 unspecified atom stereocenters. The number of nitrogens with zero attached hydrogens (tertiary/aromatic N) is 3. The van der Waals surface area contributed by atoms with Crippen molar-refractivity contribution in [2.45, 2.75) is 33.1 Å². The minimum Gasteiger partial charge on any atom is -0.282 e. The maximum absolute atomic E-state index is 4.97. The van der Waals surface area contributed by atoms with Gasteiger partial charge in [-0.05, 0) is 67.7 Å². The fraction of sp³-hybridized carbons (Fsp3) is 0.227. The van der Waals surface area contributed by atoms with Crippen LogP contribution in [0.2, 0.25) is 0 Å². The maximum Gasteiger partial charge on any atom is 0.220 e. The minimum absolute atomic E-state index is 1.02. The molecule has 0 amide bonds. The van der Waals surface area contributed by atoms with Crippen LogP contribution in [0.15, 0.2) is 48.5 Å². The van der Waals surface area contributed by atoms with E-state index in [9.17, 15) is 0 Å². The van der Waals surface area contributed by atoms with E-state index < -0.39 is 0 Å². The lowest BCUT2D eigenvalue weighted by Crippen LogP contribution is -2.04. The van der Waals surface area contributed by atoms with Gasteiger partial charge in [0.15, 0.2) is 0 Å². The van der Waals surface area contributed by atoms with Crippen LogP contribution in [0.25, 0.3) is 28.6 Å². The van der Waals surface area contributed by atoms with Crippen LogP contribution in [0.1, 0.15) is 35.9 Å². The zero-order chi connectivity index (χ0) is 17.0. The van der Waals surface area contributed by atoms with E-state index >= 15 is 0 Å². The van der Waals surface area contributed by atoms with Crippen molar-refractivity contribution in [3.63, 3.8) is 0 Å². The van der Waals surface area contributed by atoms with Crippen LogP contribution >= 0.6 is 0 Å². The average molecular weight is 327 g/mol. The Hall–Kier alpha value is -2.81. The molecule has 2 aromatic heterocycles. The van der Waals surface area contributed by atoms with Gasteiger partial charge < -0.3 is 0 Å². The first-order valence-corrected chi connectivity index (χ1v) is 9.04. The molecule has 0 saturated heterocycles. The van der Waals surface area contributed by atoms with Gasteiger partial charge in [-0.15, -0.1) is 0 Å². The Kier molecular flexibility index (Phi) is 3.11. The topological polar surface area (TPSA) is 22.2 Å². The number of benzene rings is 2. The predicted molar refractivity (Wildman–Crippen MR) is 103 cm³/mol. The van der Waals surface area contributed by atoms with Crippen LogP contribution in [0, 0.1) is 6.92 Å². The normalized spacial score (nSPS) is 13.7. The van der Waals surface area contributed by atoms with Crippen LogP contribution in [0.4, 0.5) is 0 Å². The Balaban J connectivity index is 1.92. The second-order valence-corrected chi connectivity index (χ2v) is 6.87. The van der Waals surface area contributed by atoms with E-state index in [0.717, 1.165) is 30.6 Å². The summed E-state index contributed by atoms with van der Waals surface area (Å²) in [6, 6.07) is 15.3. The number of imidazole rings is 2.